The van der Waals surface area contributed by atoms with Gasteiger partial charge in [-0.15, -0.1) is 0 Å². The number of guanidine groups is 1. The number of nitrogens with zero attached hydrogens (tertiary/aromatic N) is 2. The van der Waals surface area contributed by atoms with Crippen LogP contribution in [0.25, 0.3) is 6.08 Å². The topological polar surface area (TPSA) is 67.9 Å². The van der Waals surface area contributed by atoms with Gasteiger partial charge in [0, 0.05) is 12.6 Å². The Hall–Kier alpha value is -2.30. The lowest BCUT2D eigenvalue weighted by molar-refractivity contribution is -0.114. The van der Waals surface area contributed by atoms with Gasteiger partial charge in [0.25, 0.3) is 5.91 Å². The molecule has 1 aliphatic rings. The van der Waals surface area contributed by atoms with E-state index in [9.17, 15) is 4.79 Å². The molecular formula is C12H13N3O2. The molecule has 0 aromatic heterocycles. The van der Waals surface area contributed by atoms with Crippen molar-refractivity contribution in [1.29, 1.82) is 0 Å². The summed E-state index contributed by atoms with van der Waals surface area (Å²) in [6, 6.07) is 7.43. The highest BCUT2D eigenvalue weighted by Gasteiger charge is 2.24. The normalized spacial score (nSPS) is 17.5. The van der Waals surface area contributed by atoms with Crippen molar-refractivity contribution in [3.8, 4) is 5.75 Å². The number of benzene rings is 1. The molecule has 0 saturated carbocycles. The van der Waals surface area contributed by atoms with Crippen molar-refractivity contribution >= 4 is 17.9 Å². The third-order valence-corrected chi connectivity index (χ3v) is 2.57. The molecule has 17 heavy (non-hydrogen) atoms. The largest absolute Gasteiger partial charge is 0.496 e. The lowest BCUT2D eigenvalue weighted by Crippen LogP contribution is -2.28. The van der Waals surface area contributed by atoms with Gasteiger partial charge in [-0.25, -0.2) is 0 Å². The molecule has 2 rings (SSSR count). The van der Waals surface area contributed by atoms with Gasteiger partial charge in [0.2, 0.25) is 5.96 Å². The Balaban J connectivity index is 2.41. The second-order valence-electron chi connectivity index (χ2n) is 3.61. The van der Waals surface area contributed by atoms with Crippen LogP contribution in [0.5, 0.6) is 5.75 Å². The van der Waals surface area contributed by atoms with Crippen LogP contribution in [0, 0.1) is 0 Å². The van der Waals surface area contributed by atoms with Crippen molar-refractivity contribution in [3.05, 3.63) is 35.5 Å². The maximum absolute atomic E-state index is 11.6. The van der Waals surface area contributed by atoms with Gasteiger partial charge < -0.3 is 15.4 Å². The molecule has 0 fully saturated rings. The van der Waals surface area contributed by atoms with E-state index in [1.165, 1.54) is 0 Å². The van der Waals surface area contributed by atoms with E-state index < -0.39 is 0 Å². The lowest BCUT2D eigenvalue weighted by atomic mass is 10.1. The number of amides is 1. The molecule has 0 atom stereocenters. The molecule has 1 aromatic rings. The number of para-hydroxylation sites is 1. The van der Waals surface area contributed by atoms with Crippen molar-refractivity contribution < 1.29 is 9.53 Å². The standard InChI is InChI=1S/C12H13N3O2/c1-15-9(11(16)14-12(15)13)7-8-5-3-4-6-10(8)17-2/h3-7H,1-2H3,(H2,13,14,16)/b9-7-. The molecule has 0 saturated heterocycles. The van der Waals surface area contributed by atoms with E-state index in [-0.39, 0.29) is 11.9 Å². The van der Waals surface area contributed by atoms with Crippen LogP contribution in [0.15, 0.2) is 35.0 Å². The zero-order chi connectivity index (χ0) is 12.4. The number of methoxy groups -OCH3 is 1. The summed E-state index contributed by atoms with van der Waals surface area (Å²) in [7, 11) is 3.29. The fourth-order valence-corrected chi connectivity index (χ4v) is 1.59. The van der Waals surface area contributed by atoms with E-state index >= 15 is 0 Å². The highest BCUT2D eigenvalue weighted by molar-refractivity contribution is 6.12. The zero-order valence-electron chi connectivity index (χ0n) is 9.68. The lowest BCUT2D eigenvalue weighted by Gasteiger charge is -2.12. The Bertz CT molecular complexity index is 520. The first-order valence-electron chi connectivity index (χ1n) is 5.10. The third-order valence-electron chi connectivity index (χ3n) is 2.57. The van der Waals surface area contributed by atoms with Gasteiger partial charge in [-0.2, -0.15) is 4.99 Å². The molecule has 0 spiro atoms. The van der Waals surface area contributed by atoms with Gasteiger partial charge in [-0.05, 0) is 12.1 Å². The number of ether oxygens (including phenoxy) is 1. The Morgan fingerprint density at radius 2 is 2.12 bits per heavy atom. The summed E-state index contributed by atoms with van der Waals surface area (Å²) in [6.07, 6.45) is 1.71. The van der Waals surface area contributed by atoms with Gasteiger partial charge in [0.05, 0.1) is 7.11 Å². The van der Waals surface area contributed by atoms with E-state index in [0.29, 0.717) is 11.4 Å². The molecule has 5 heteroatoms. The van der Waals surface area contributed by atoms with Gasteiger partial charge in [0.1, 0.15) is 11.4 Å². The number of likely N-dealkylation sites (N-methyl/N-ethyl adjacent to an activating group) is 1. The van der Waals surface area contributed by atoms with Gasteiger partial charge in [-0.3, -0.25) is 4.79 Å². The Morgan fingerprint density at radius 3 is 2.71 bits per heavy atom. The molecule has 1 aromatic carbocycles. The number of hydrogen-bond donors (Lipinski definition) is 1. The average Bonchev–Trinajstić information content (AvgIpc) is 2.57. The maximum Gasteiger partial charge on any atom is 0.296 e. The van der Waals surface area contributed by atoms with Crippen molar-refractivity contribution in [2.45, 2.75) is 0 Å². The summed E-state index contributed by atoms with van der Waals surface area (Å²) in [4.78, 5) is 16.8. The number of hydrogen-bond acceptors (Lipinski definition) is 4. The summed E-state index contributed by atoms with van der Waals surface area (Å²) in [5, 5.41) is 0. The van der Waals surface area contributed by atoms with E-state index in [1.54, 1.807) is 25.1 Å². The monoisotopic (exact) mass is 231 g/mol. The number of nitrogens with two attached hydrogens (primary N) is 1. The minimum absolute atomic E-state index is 0.205. The van der Waals surface area contributed by atoms with E-state index in [4.69, 9.17) is 10.5 Å². The van der Waals surface area contributed by atoms with Crippen LogP contribution in [0.4, 0.5) is 0 Å². The fraction of sp³-hybridized carbons (Fsp3) is 0.167. The average molecular weight is 231 g/mol. The van der Waals surface area contributed by atoms with Crippen LogP contribution < -0.4 is 10.5 Å². The quantitative estimate of drug-likeness (QED) is 0.765. The second kappa shape index (κ2) is 4.29. The molecular weight excluding hydrogens is 218 g/mol. The number of aliphatic imine (C=N–C) groups is 1. The number of rotatable bonds is 2. The van der Waals surface area contributed by atoms with Gasteiger partial charge >= 0.3 is 0 Å². The smallest absolute Gasteiger partial charge is 0.296 e. The molecule has 0 bridgehead atoms. The van der Waals surface area contributed by atoms with E-state index in [0.717, 1.165) is 5.56 Å². The minimum Gasteiger partial charge on any atom is -0.496 e. The molecule has 88 valence electrons. The van der Waals surface area contributed by atoms with Crippen LogP contribution in [-0.4, -0.2) is 30.9 Å². The summed E-state index contributed by atoms with van der Waals surface area (Å²) < 4.78 is 5.21. The van der Waals surface area contributed by atoms with Crippen molar-refractivity contribution in [2.24, 2.45) is 10.7 Å². The number of carbonyl (C=O) groups is 1. The first-order chi connectivity index (χ1) is 8.13. The SMILES string of the molecule is COc1ccccc1/C=C1/C(=O)N=C(N)N1C. The highest BCUT2D eigenvalue weighted by Crippen LogP contribution is 2.23. The predicted octanol–water partition coefficient (Wildman–Crippen LogP) is 0.823. The highest BCUT2D eigenvalue weighted by atomic mass is 16.5. The summed E-state index contributed by atoms with van der Waals surface area (Å²) in [6.45, 7) is 0. The molecule has 0 radical (unpaired) electrons. The third kappa shape index (κ3) is 1.99. The Morgan fingerprint density at radius 1 is 1.41 bits per heavy atom. The molecule has 1 amide bonds. The molecule has 2 N–H and O–H groups in total. The van der Waals surface area contributed by atoms with Gasteiger partial charge in [-0.1, -0.05) is 18.2 Å². The molecule has 1 aliphatic heterocycles. The van der Waals surface area contributed by atoms with Crippen molar-refractivity contribution in [2.75, 3.05) is 14.2 Å². The number of carbonyl (C=O) groups excluding carboxylic acids is 1. The maximum atomic E-state index is 11.6. The van der Waals surface area contributed by atoms with Crippen LogP contribution in [-0.2, 0) is 4.79 Å². The van der Waals surface area contributed by atoms with Crippen LogP contribution in [0.2, 0.25) is 0 Å². The first kappa shape index (κ1) is 11.2. The first-order valence-corrected chi connectivity index (χ1v) is 5.10. The molecule has 1 heterocycles. The Kier molecular flexibility index (Phi) is 2.82. The summed E-state index contributed by atoms with van der Waals surface area (Å²) in [5.41, 5.74) is 6.82. The summed E-state index contributed by atoms with van der Waals surface area (Å²) in [5.74, 6) is 0.568. The van der Waals surface area contributed by atoms with Crippen molar-refractivity contribution in [3.63, 3.8) is 0 Å². The molecule has 0 unspecified atom stereocenters. The summed E-state index contributed by atoms with van der Waals surface area (Å²) >= 11 is 0. The second-order valence-corrected chi connectivity index (χ2v) is 3.61. The van der Waals surface area contributed by atoms with Crippen molar-refractivity contribution in [1.82, 2.24) is 4.90 Å². The van der Waals surface area contributed by atoms with Crippen LogP contribution in [0.3, 0.4) is 0 Å². The van der Waals surface area contributed by atoms with E-state index in [1.807, 2.05) is 24.3 Å². The molecule has 5 nitrogen and oxygen atoms in total. The minimum atomic E-state index is -0.337. The van der Waals surface area contributed by atoms with Crippen LogP contribution in [0.1, 0.15) is 5.56 Å². The predicted molar refractivity (Wildman–Crippen MR) is 65.4 cm³/mol. The zero-order valence-corrected chi connectivity index (χ0v) is 9.68. The Labute approximate surface area is 99.2 Å². The van der Waals surface area contributed by atoms with E-state index in [2.05, 4.69) is 4.99 Å². The molecule has 0 aliphatic carbocycles. The van der Waals surface area contributed by atoms with Gasteiger partial charge in [0.15, 0.2) is 0 Å². The fourth-order valence-electron chi connectivity index (χ4n) is 1.59. The van der Waals surface area contributed by atoms with Crippen LogP contribution >= 0.6 is 0 Å².